The number of amides is 1. The Balaban J connectivity index is 0.000000305. The number of aromatic nitrogens is 6. The van der Waals surface area contributed by atoms with Crippen molar-refractivity contribution in [3.05, 3.63) is 118 Å². The van der Waals surface area contributed by atoms with Crippen LogP contribution in [-0.2, 0) is 6.42 Å². The van der Waals surface area contributed by atoms with Gasteiger partial charge in [-0.05, 0) is 98.4 Å². The standard InChI is InChI=1S/C27H33N5O2.C6H7Cl2N3.C4H2Cl2N2.C2H6ClN/c1-19(20-8-6-5-7-9-20)30-26-28-14-12-24(31-26)32(16-15-29-27(2,3)4)25(33)22-10-11-23-21(18-22)13-17-34-23;7-2-4-9-5-1-3-10-6(8)11-5;5-3-1-2-7-4(6)8-3;3-1-2-4/h5-12,14,18-19,29H,13,15-17H2,1-4H3,(H,28,30,31);1,3H,2,4H2,(H,9,10,11);1-2H;1-2,4H2/t19-;;;/m0.../s1. The second kappa shape index (κ2) is 25.3. The Morgan fingerprint density at radius 1 is 0.877 bits per heavy atom. The lowest BCUT2D eigenvalue weighted by molar-refractivity contribution is 0.0985. The number of anilines is 3. The number of fused-ring (bicyclic) bond motifs is 1. The summed E-state index contributed by atoms with van der Waals surface area (Å²) in [5, 5.41) is 10.6. The Morgan fingerprint density at radius 3 is 2.18 bits per heavy atom. The minimum atomic E-state index is -0.0915. The molecule has 5 N–H and O–H groups in total. The van der Waals surface area contributed by atoms with Crippen LogP contribution in [0.4, 0.5) is 17.6 Å². The SMILES string of the molecule is C[C@H](Nc1nccc(N(CCNC(C)(C)C)C(=O)c2ccc3c(c2)CCO3)n1)c1ccccc1.ClCCNc1ccnc(Cl)n1.Clc1ccnc(Cl)n1.NCCCl. The minimum Gasteiger partial charge on any atom is -0.493 e. The number of nitrogens with one attached hydrogen (secondary N) is 3. The number of carbonyl (C=O) groups excluding carboxylic acids is 1. The van der Waals surface area contributed by atoms with Crippen molar-refractivity contribution < 1.29 is 9.53 Å². The Kier molecular flexibility index (Phi) is 21.0. The van der Waals surface area contributed by atoms with Crippen LogP contribution in [0.3, 0.4) is 0 Å². The van der Waals surface area contributed by atoms with Crippen LogP contribution in [0.25, 0.3) is 0 Å². The maximum Gasteiger partial charge on any atom is 0.259 e. The van der Waals surface area contributed by atoms with Gasteiger partial charge in [0.15, 0.2) is 0 Å². The van der Waals surface area contributed by atoms with E-state index in [1.165, 1.54) is 6.20 Å². The van der Waals surface area contributed by atoms with Gasteiger partial charge in [-0.25, -0.2) is 24.9 Å². The van der Waals surface area contributed by atoms with Crippen molar-refractivity contribution in [3.8, 4) is 5.75 Å². The molecule has 57 heavy (non-hydrogen) atoms. The maximum atomic E-state index is 13.6. The Hall–Kier alpha value is -4.08. The first-order valence-corrected chi connectivity index (χ1v) is 20.2. The minimum absolute atomic E-state index is 0.0277. The lowest BCUT2D eigenvalue weighted by atomic mass is 10.1. The van der Waals surface area contributed by atoms with E-state index in [9.17, 15) is 4.79 Å². The van der Waals surface area contributed by atoms with E-state index in [1.54, 1.807) is 35.5 Å². The summed E-state index contributed by atoms with van der Waals surface area (Å²) in [6.07, 6.45) is 5.60. The van der Waals surface area contributed by atoms with Gasteiger partial charge in [0.1, 0.15) is 22.5 Å². The van der Waals surface area contributed by atoms with Gasteiger partial charge in [0.25, 0.3) is 5.91 Å². The third kappa shape index (κ3) is 17.9. The number of nitrogens with zero attached hydrogens (tertiary/aromatic N) is 7. The van der Waals surface area contributed by atoms with Gasteiger partial charge in [-0.2, -0.15) is 4.98 Å². The molecule has 2 aromatic carbocycles. The number of benzene rings is 2. The topological polar surface area (TPSA) is 169 Å². The number of carbonyl (C=O) groups is 1. The zero-order chi connectivity index (χ0) is 41.6. The van der Waals surface area contributed by atoms with Gasteiger partial charge in [0, 0.05) is 74.1 Å². The number of alkyl halides is 2. The van der Waals surface area contributed by atoms with Crippen molar-refractivity contribution >= 4 is 81.5 Å². The third-order valence-corrected chi connectivity index (χ3v) is 8.44. The van der Waals surface area contributed by atoms with Gasteiger partial charge in [-0.1, -0.05) is 41.9 Å². The fraction of sp³-hybridized carbons (Fsp3) is 0.359. The van der Waals surface area contributed by atoms with Crippen LogP contribution >= 0.6 is 58.0 Å². The summed E-state index contributed by atoms with van der Waals surface area (Å²) in [6.45, 7) is 11.4. The van der Waals surface area contributed by atoms with Crippen molar-refractivity contribution in [1.82, 2.24) is 35.2 Å². The zero-order valence-electron chi connectivity index (χ0n) is 32.2. The molecule has 0 bridgehead atoms. The number of ether oxygens (including phenoxy) is 1. The van der Waals surface area contributed by atoms with Crippen LogP contribution < -0.4 is 31.3 Å². The number of hydrogen-bond donors (Lipinski definition) is 4. The second-order valence-corrected chi connectivity index (χ2v) is 14.8. The molecule has 0 unspecified atom stereocenters. The molecule has 5 aromatic rings. The first-order valence-electron chi connectivity index (χ1n) is 18.0. The van der Waals surface area contributed by atoms with Gasteiger partial charge < -0.3 is 26.4 Å². The molecule has 306 valence electrons. The summed E-state index contributed by atoms with van der Waals surface area (Å²) >= 11 is 26.8. The molecule has 1 amide bonds. The third-order valence-electron chi connectivity index (χ3n) is 7.46. The average Bonchev–Trinajstić information content (AvgIpc) is 3.67. The smallest absolute Gasteiger partial charge is 0.259 e. The van der Waals surface area contributed by atoms with E-state index >= 15 is 0 Å². The molecule has 0 fully saturated rings. The summed E-state index contributed by atoms with van der Waals surface area (Å²) in [7, 11) is 0. The van der Waals surface area contributed by atoms with Crippen molar-refractivity contribution in [2.75, 3.05) is 60.1 Å². The first kappa shape index (κ1) is 47.3. The van der Waals surface area contributed by atoms with Gasteiger partial charge in [-0.3, -0.25) is 9.69 Å². The summed E-state index contributed by atoms with van der Waals surface area (Å²) in [4.78, 5) is 39.3. The van der Waals surface area contributed by atoms with E-state index in [0.717, 1.165) is 23.3 Å². The predicted molar refractivity (Wildman–Crippen MR) is 234 cm³/mol. The van der Waals surface area contributed by atoms with Crippen LogP contribution in [0, 0.1) is 0 Å². The fourth-order valence-electron chi connectivity index (χ4n) is 4.85. The van der Waals surface area contributed by atoms with Crippen LogP contribution in [0.2, 0.25) is 15.7 Å². The van der Waals surface area contributed by atoms with Crippen LogP contribution in [-0.4, -0.2) is 85.9 Å². The highest BCUT2D eigenvalue weighted by Gasteiger charge is 2.23. The molecule has 3 aromatic heterocycles. The number of hydrogen-bond acceptors (Lipinski definition) is 12. The van der Waals surface area contributed by atoms with Crippen molar-refractivity contribution in [3.63, 3.8) is 0 Å². The van der Waals surface area contributed by atoms with Crippen molar-refractivity contribution in [2.45, 2.75) is 45.7 Å². The molecule has 1 aliphatic rings. The summed E-state index contributed by atoms with van der Waals surface area (Å²) in [5.74, 6) is 3.63. The molecule has 0 radical (unpaired) electrons. The highest BCUT2D eigenvalue weighted by molar-refractivity contribution is 6.31. The zero-order valence-corrected chi connectivity index (χ0v) is 36.0. The van der Waals surface area contributed by atoms with Gasteiger partial charge in [0.05, 0.1) is 12.6 Å². The monoisotopic (exact) mass is 877 g/mol. The Labute approximate surface area is 359 Å². The van der Waals surface area contributed by atoms with Gasteiger partial charge >= 0.3 is 0 Å². The Bertz CT molecular complexity index is 1920. The molecular formula is C39H48Cl5N11O2. The molecule has 13 nitrogen and oxygen atoms in total. The van der Waals surface area contributed by atoms with E-state index in [2.05, 4.69) is 80.7 Å². The lowest BCUT2D eigenvalue weighted by Crippen LogP contribution is -2.43. The number of nitrogens with two attached hydrogens (primary N) is 1. The first-order chi connectivity index (χ1) is 27.3. The van der Waals surface area contributed by atoms with Crippen LogP contribution in [0.15, 0.2) is 85.3 Å². The lowest BCUT2D eigenvalue weighted by Gasteiger charge is -2.26. The summed E-state index contributed by atoms with van der Waals surface area (Å²) in [5.41, 5.74) is 7.68. The molecule has 1 aliphatic heterocycles. The molecule has 4 heterocycles. The molecule has 0 spiro atoms. The van der Waals surface area contributed by atoms with E-state index in [-0.39, 0.29) is 28.1 Å². The van der Waals surface area contributed by atoms with E-state index in [4.69, 9.17) is 73.5 Å². The molecule has 6 rings (SSSR count). The molecule has 0 aliphatic carbocycles. The second-order valence-electron chi connectivity index (χ2n) is 13.0. The number of halogens is 5. The van der Waals surface area contributed by atoms with Crippen molar-refractivity contribution in [1.29, 1.82) is 0 Å². The molecule has 1 atom stereocenters. The van der Waals surface area contributed by atoms with Crippen molar-refractivity contribution in [2.24, 2.45) is 5.73 Å². The average molecular weight is 880 g/mol. The van der Waals surface area contributed by atoms with E-state index < -0.39 is 0 Å². The van der Waals surface area contributed by atoms with E-state index in [1.807, 2.05) is 36.4 Å². The predicted octanol–water partition coefficient (Wildman–Crippen LogP) is 8.37. The normalized spacial score (nSPS) is 11.8. The van der Waals surface area contributed by atoms with Crippen LogP contribution in [0.1, 0.15) is 55.2 Å². The molecule has 18 heteroatoms. The highest BCUT2D eigenvalue weighted by atomic mass is 35.5. The maximum absolute atomic E-state index is 13.6. The quantitative estimate of drug-likeness (QED) is 0.0538. The fourth-order valence-corrected chi connectivity index (χ4v) is 5.42. The summed E-state index contributed by atoms with van der Waals surface area (Å²) < 4.78 is 5.61. The molecule has 0 saturated heterocycles. The molecular weight excluding hydrogens is 832 g/mol. The number of rotatable bonds is 12. The van der Waals surface area contributed by atoms with E-state index in [0.29, 0.717) is 72.8 Å². The molecule has 0 saturated carbocycles. The van der Waals surface area contributed by atoms with Crippen LogP contribution in [0.5, 0.6) is 5.75 Å². The van der Waals surface area contributed by atoms with Gasteiger partial charge in [-0.15, -0.1) is 23.2 Å². The largest absolute Gasteiger partial charge is 0.493 e. The van der Waals surface area contributed by atoms with Gasteiger partial charge in [0.2, 0.25) is 16.5 Å². The Morgan fingerprint density at radius 2 is 1.56 bits per heavy atom. The summed E-state index contributed by atoms with van der Waals surface area (Å²) in [6, 6.07) is 20.9. The highest BCUT2D eigenvalue weighted by Crippen LogP contribution is 2.27.